The van der Waals surface area contributed by atoms with Crippen LogP contribution in [-0.2, 0) is 11.2 Å². The minimum absolute atomic E-state index is 0.0819. The summed E-state index contributed by atoms with van der Waals surface area (Å²) in [5.41, 5.74) is 1.83. The molecule has 3 aromatic carbocycles. The van der Waals surface area contributed by atoms with E-state index in [0.717, 1.165) is 17.8 Å². The first-order valence-electron chi connectivity index (χ1n) is 10.9. The number of nitrogens with zero attached hydrogens (tertiary/aromatic N) is 2. The van der Waals surface area contributed by atoms with Crippen LogP contribution in [0, 0.1) is 0 Å². The summed E-state index contributed by atoms with van der Waals surface area (Å²) in [6, 6.07) is 16.5. The Balaban J connectivity index is 1.79. The van der Waals surface area contributed by atoms with Crippen LogP contribution < -0.4 is 14.4 Å². The van der Waals surface area contributed by atoms with Gasteiger partial charge in [0.15, 0.2) is 0 Å². The van der Waals surface area contributed by atoms with E-state index < -0.39 is 30.5 Å². The minimum atomic E-state index is -4.83. The largest absolute Gasteiger partial charge is 0.573 e. The highest BCUT2D eigenvalue weighted by Gasteiger charge is 2.31. The highest BCUT2D eigenvalue weighted by Crippen LogP contribution is 2.35. The molecule has 4 aromatic rings. The summed E-state index contributed by atoms with van der Waals surface area (Å²) >= 11 is 0. The SMILES string of the molecule is CN(C)c1ccc(-n2c(CC(=O)O)c(C(=O)O)c3cc(Oc4ccc(OC(F)(F)F)cc4)ccc32)cc1. The predicted octanol–water partition coefficient (Wildman–Crippen LogP) is 5.71. The Hall–Kier alpha value is -4.67. The van der Waals surface area contributed by atoms with Crippen molar-refractivity contribution in [3.05, 3.63) is 78.0 Å². The lowest BCUT2D eigenvalue weighted by Crippen LogP contribution is -2.16. The standard InChI is InChI=1S/C26H21F3N2O6/c1-30(2)15-3-5-16(6-4-15)31-21-12-11-19(13-20(21)24(25(34)35)22(31)14-23(32)33)36-17-7-9-18(10-8-17)37-26(27,28)29/h3-13H,14H2,1-2H3,(H,32,33)(H,34,35). The topological polar surface area (TPSA) is 101 Å². The molecule has 0 radical (unpaired) electrons. The van der Waals surface area contributed by atoms with Crippen molar-refractivity contribution in [2.24, 2.45) is 0 Å². The molecule has 0 amide bonds. The molecular weight excluding hydrogens is 493 g/mol. The monoisotopic (exact) mass is 514 g/mol. The van der Waals surface area contributed by atoms with Gasteiger partial charge in [0.05, 0.1) is 17.5 Å². The van der Waals surface area contributed by atoms with E-state index in [9.17, 15) is 33.0 Å². The number of aliphatic carboxylic acids is 1. The van der Waals surface area contributed by atoms with Gasteiger partial charge in [-0.2, -0.15) is 0 Å². The van der Waals surface area contributed by atoms with Gasteiger partial charge in [0.1, 0.15) is 17.2 Å². The Kier molecular flexibility index (Phi) is 6.71. The molecule has 0 saturated heterocycles. The molecule has 0 aliphatic rings. The quantitative estimate of drug-likeness (QED) is 0.311. The highest BCUT2D eigenvalue weighted by atomic mass is 19.4. The molecule has 11 heteroatoms. The van der Waals surface area contributed by atoms with Gasteiger partial charge >= 0.3 is 18.3 Å². The fourth-order valence-electron chi connectivity index (χ4n) is 3.98. The van der Waals surface area contributed by atoms with Gasteiger partial charge in [0.2, 0.25) is 0 Å². The van der Waals surface area contributed by atoms with E-state index >= 15 is 0 Å². The molecule has 0 aliphatic carbocycles. The average Bonchev–Trinajstić information content (AvgIpc) is 3.12. The van der Waals surface area contributed by atoms with E-state index in [1.165, 1.54) is 18.2 Å². The van der Waals surface area contributed by atoms with Crippen LogP contribution in [0.5, 0.6) is 17.2 Å². The molecule has 0 unspecified atom stereocenters. The van der Waals surface area contributed by atoms with Crippen LogP contribution in [0.3, 0.4) is 0 Å². The molecule has 192 valence electrons. The highest BCUT2D eigenvalue weighted by molar-refractivity contribution is 6.07. The Labute approximate surface area is 208 Å². The van der Waals surface area contributed by atoms with Crippen LogP contribution in [0.2, 0.25) is 0 Å². The van der Waals surface area contributed by atoms with Crippen molar-refractivity contribution in [2.45, 2.75) is 12.8 Å². The number of fused-ring (bicyclic) bond motifs is 1. The predicted molar refractivity (Wildman–Crippen MR) is 129 cm³/mol. The molecule has 0 saturated carbocycles. The molecule has 1 heterocycles. The molecule has 0 bridgehead atoms. The molecule has 0 aliphatic heterocycles. The van der Waals surface area contributed by atoms with Crippen LogP contribution in [0.25, 0.3) is 16.6 Å². The van der Waals surface area contributed by atoms with Crippen LogP contribution in [0.1, 0.15) is 16.1 Å². The normalized spacial score (nSPS) is 11.4. The van der Waals surface area contributed by atoms with Gasteiger partial charge in [-0.15, -0.1) is 13.2 Å². The second kappa shape index (κ2) is 9.76. The zero-order valence-electron chi connectivity index (χ0n) is 19.6. The van der Waals surface area contributed by atoms with Gasteiger partial charge in [0, 0.05) is 36.6 Å². The molecule has 2 N–H and O–H groups in total. The first-order chi connectivity index (χ1) is 17.4. The van der Waals surface area contributed by atoms with E-state index in [-0.39, 0.29) is 28.1 Å². The number of carboxylic acids is 2. The average molecular weight is 514 g/mol. The lowest BCUT2D eigenvalue weighted by atomic mass is 10.1. The van der Waals surface area contributed by atoms with Gasteiger partial charge < -0.3 is 29.2 Å². The summed E-state index contributed by atoms with van der Waals surface area (Å²) in [5.74, 6) is -2.53. The number of hydrogen-bond donors (Lipinski definition) is 2. The third kappa shape index (κ3) is 5.61. The molecule has 0 atom stereocenters. The molecule has 1 aromatic heterocycles. The number of halogens is 3. The van der Waals surface area contributed by atoms with Crippen molar-refractivity contribution in [1.29, 1.82) is 0 Å². The maximum absolute atomic E-state index is 12.4. The molecule has 0 fully saturated rings. The van der Waals surface area contributed by atoms with Crippen LogP contribution in [-0.4, -0.2) is 47.2 Å². The zero-order chi connectivity index (χ0) is 26.9. The lowest BCUT2D eigenvalue weighted by Gasteiger charge is -2.15. The van der Waals surface area contributed by atoms with E-state index in [4.69, 9.17) is 4.74 Å². The number of ether oxygens (including phenoxy) is 2. The number of hydrogen-bond acceptors (Lipinski definition) is 5. The Morgan fingerprint density at radius 3 is 2.03 bits per heavy atom. The molecule has 8 nitrogen and oxygen atoms in total. The zero-order valence-corrected chi connectivity index (χ0v) is 19.6. The summed E-state index contributed by atoms with van der Waals surface area (Å²) in [4.78, 5) is 25.8. The second-order valence-corrected chi connectivity index (χ2v) is 8.24. The number of anilines is 1. The van der Waals surface area contributed by atoms with Crippen molar-refractivity contribution in [2.75, 3.05) is 19.0 Å². The number of benzene rings is 3. The molecule has 4 rings (SSSR count). The maximum Gasteiger partial charge on any atom is 0.573 e. The Morgan fingerprint density at radius 1 is 0.892 bits per heavy atom. The van der Waals surface area contributed by atoms with Crippen LogP contribution in [0.4, 0.5) is 18.9 Å². The first-order valence-corrected chi connectivity index (χ1v) is 10.9. The summed E-state index contributed by atoms with van der Waals surface area (Å²) in [6.45, 7) is 0. The third-order valence-electron chi connectivity index (χ3n) is 5.49. The molecule has 0 spiro atoms. The van der Waals surface area contributed by atoms with Gasteiger partial charge in [-0.1, -0.05) is 0 Å². The van der Waals surface area contributed by atoms with Crippen molar-refractivity contribution in [3.8, 4) is 22.9 Å². The van der Waals surface area contributed by atoms with E-state index in [2.05, 4.69) is 4.74 Å². The number of carbonyl (C=O) groups is 2. The van der Waals surface area contributed by atoms with Gasteiger partial charge in [-0.05, 0) is 66.7 Å². The van der Waals surface area contributed by atoms with E-state index in [1.807, 2.05) is 31.1 Å². The fourth-order valence-corrected chi connectivity index (χ4v) is 3.98. The number of rotatable bonds is 8. The van der Waals surface area contributed by atoms with Gasteiger partial charge in [0.25, 0.3) is 0 Å². The van der Waals surface area contributed by atoms with Crippen molar-refractivity contribution < 1.29 is 42.4 Å². The summed E-state index contributed by atoms with van der Waals surface area (Å²) < 4.78 is 48.3. The van der Waals surface area contributed by atoms with Crippen LogP contribution in [0.15, 0.2) is 66.7 Å². The number of aromatic carboxylic acids is 1. The van der Waals surface area contributed by atoms with Gasteiger partial charge in [-0.25, -0.2) is 4.79 Å². The Bertz CT molecular complexity index is 1460. The summed E-state index contributed by atoms with van der Waals surface area (Å²) in [7, 11) is 3.74. The van der Waals surface area contributed by atoms with E-state index in [1.54, 1.807) is 28.8 Å². The Morgan fingerprint density at radius 2 is 1.49 bits per heavy atom. The van der Waals surface area contributed by atoms with E-state index in [0.29, 0.717) is 11.2 Å². The second-order valence-electron chi connectivity index (χ2n) is 8.24. The number of aromatic nitrogens is 1. The van der Waals surface area contributed by atoms with Crippen LogP contribution >= 0.6 is 0 Å². The van der Waals surface area contributed by atoms with Gasteiger partial charge in [-0.3, -0.25) is 4.79 Å². The van der Waals surface area contributed by atoms with Crippen molar-refractivity contribution in [3.63, 3.8) is 0 Å². The number of carboxylic acid groups (broad SMARTS) is 2. The first kappa shape index (κ1) is 25.4. The minimum Gasteiger partial charge on any atom is -0.481 e. The fraction of sp³-hybridized carbons (Fsp3) is 0.154. The smallest absolute Gasteiger partial charge is 0.481 e. The van der Waals surface area contributed by atoms with Crippen molar-refractivity contribution >= 4 is 28.5 Å². The van der Waals surface area contributed by atoms with Crippen molar-refractivity contribution in [1.82, 2.24) is 4.57 Å². The summed E-state index contributed by atoms with van der Waals surface area (Å²) in [6.07, 6.45) is -5.36. The lowest BCUT2D eigenvalue weighted by molar-refractivity contribution is -0.274. The molecule has 37 heavy (non-hydrogen) atoms. The maximum atomic E-state index is 12.4. The summed E-state index contributed by atoms with van der Waals surface area (Å²) in [5, 5.41) is 19.8. The number of alkyl halides is 3. The third-order valence-corrected chi connectivity index (χ3v) is 5.49. The molecular formula is C26H21F3N2O6.